The van der Waals surface area contributed by atoms with Crippen molar-refractivity contribution < 1.29 is 4.52 Å². The fourth-order valence-electron chi connectivity index (χ4n) is 3.06. The van der Waals surface area contributed by atoms with Gasteiger partial charge in [0, 0.05) is 39.3 Å². The molecule has 0 unspecified atom stereocenters. The van der Waals surface area contributed by atoms with Crippen LogP contribution < -0.4 is 4.90 Å². The van der Waals surface area contributed by atoms with Gasteiger partial charge in [0.05, 0.1) is 11.9 Å². The van der Waals surface area contributed by atoms with Gasteiger partial charge in [-0.25, -0.2) is 9.97 Å². The third-order valence-electron chi connectivity index (χ3n) is 4.16. The van der Waals surface area contributed by atoms with Crippen molar-refractivity contribution in [1.29, 1.82) is 0 Å². The van der Waals surface area contributed by atoms with Crippen molar-refractivity contribution in [3.63, 3.8) is 0 Å². The number of hydrogen-bond acceptors (Lipinski definition) is 7. The number of aromatic nitrogens is 5. The predicted octanol–water partition coefficient (Wildman–Crippen LogP) is 1.36. The van der Waals surface area contributed by atoms with E-state index in [2.05, 4.69) is 34.9 Å². The Bertz CT molecular complexity index is 796. The number of H-pyrrole nitrogens is 1. The number of aryl methyl sites for hydroxylation is 1. The molecule has 0 bridgehead atoms. The average molecular weight is 313 g/mol. The van der Waals surface area contributed by atoms with Gasteiger partial charge in [0.1, 0.15) is 17.8 Å². The van der Waals surface area contributed by atoms with E-state index in [0.717, 1.165) is 61.8 Å². The monoisotopic (exact) mass is 313 g/mol. The molecule has 0 saturated carbocycles. The molecular formula is C15H19N7O. The molecule has 4 heterocycles. The van der Waals surface area contributed by atoms with Crippen LogP contribution in [0.25, 0.3) is 11.0 Å². The van der Waals surface area contributed by atoms with Gasteiger partial charge in [-0.3, -0.25) is 4.90 Å². The Balaban J connectivity index is 1.47. The van der Waals surface area contributed by atoms with Gasteiger partial charge >= 0.3 is 0 Å². The standard InChI is InChI=1S/C15H19N7O/c1-11-19-13(20-23-11)9-21-5-2-6-22(8-7-21)15-12-3-4-16-14(12)17-10-18-15/h3-4,10H,2,5-9H2,1H3,(H,16,17,18). The first-order valence-corrected chi connectivity index (χ1v) is 7.84. The number of nitrogens with one attached hydrogen (secondary N) is 1. The Hall–Kier alpha value is -2.48. The summed E-state index contributed by atoms with van der Waals surface area (Å²) >= 11 is 0. The van der Waals surface area contributed by atoms with Crippen LogP contribution in [-0.2, 0) is 6.54 Å². The van der Waals surface area contributed by atoms with Crippen LogP contribution in [0.4, 0.5) is 5.82 Å². The SMILES string of the molecule is Cc1nc(CN2CCCN(c3ncnc4[nH]ccc34)CC2)no1. The highest BCUT2D eigenvalue weighted by molar-refractivity contribution is 5.87. The highest BCUT2D eigenvalue weighted by atomic mass is 16.5. The van der Waals surface area contributed by atoms with Gasteiger partial charge in [0.2, 0.25) is 5.89 Å². The molecule has 3 aromatic rings. The first-order valence-electron chi connectivity index (χ1n) is 7.84. The number of aromatic amines is 1. The summed E-state index contributed by atoms with van der Waals surface area (Å²) < 4.78 is 5.05. The second-order valence-electron chi connectivity index (χ2n) is 5.78. The molecule has 8 heteroatoms. The summed E-state index contributed by atoms with van der Waals surface area (Å²) in [5.41, 5.74) is 0.887. The van der Waals surface area contributed by atoms with Gasteiger partial charge in [-0.15, -0.1) is 0 Å². The smallest absolute Gasteiger partial charge is 0.223 e. The summed E-state index contributed by atoms with van der Waals surface area (Å²) in [4.78, 5) is 20.9. The number of nitrogens with zero attached hydrogens (tertiary/aromatic N) is 6. The number of rotatable bonds is 3. The number of anilines is 1. The summed E-state index contributed by atoms with van der Waals surface area (Å²) in [6.07, 6.45) is 4.61. The first-order chi connectivity index (χ1) is 11.3. The van der Waals surface area contributed by atoms with Crippen LogP contribution in [0, 0.1) is 6.92 Å². The zero-order valence-corrected chi connectivity index (χ0v) is 13.1. The highest BCUT2D eigenvalue weighted by Gasteiger charge is 2.19. The molecule has 120 valence electrons. The summed E-state index contributed by atoms with van der Waals surface area (Å²) in [5, 5.41) is 5.06. The summed E-state index contributed by atoms with van der Waals surface area (Å²) in [7, 11) is 0. The Morgan fingerprint density at radius 2 is 2.17 bits per heavy atom. The Kier molecular flexibility index (Phi) is 3.66. The van der Waals surface area contributed by atoms with Crippen molar-refractivity contribution in [2.24, 2.45) is 0 Å². The van der Waals surface area contributed by atoms with E-state index in [0.29, 0.717) is 5.89 Å². The van der Waals surface area contributed by atoms with Crippen molar-refractivity contribution >= 4 is 16.9 Å². The Morgan fingerprint density at radius 1 is 1.22 bits per heavy atom. The van der Waals surface area contributed by atoms with E-state index < -0.39 is 0 Å². The molecule has 3 aromatic heterocycles. The molecule has 23 heavy (non-hydrogen) atoms. The molecule has 1 fully saturated rings. The molecule has 8 nitrogen and oxygen atoms in total. The van der Waals surface area contributed by atoms with Gasteiger partial charge < -0.3 is 14.4 Å². The third kappa shape index (κ3) is 2.89. The van der Waals surface area contributed by atoms with Crippen LogP contribution in [0.5, 0.6) is 0 Å². The Labute approximate surface area is 133 Å². The van der Waals surface area contributed by atoms with E-state index >= 15 is 0 Å². The molecule has 0 aliphatic carbocycles. The maximum absolute atomic E-state index is 5.05. The van der Waals surface area contributed by atoms with Crippen molar-refractivity contribution in [3.05, 3.63) is 30.3 Å². The molecular weight excluding hydrogens is 294 g/mol. The molecule has 0 amide bonds. The molecule has 0 radical (unpaired) electrons. The largest absolute Gasteiger partial charge is 0.355 e. The van der Waals surface area contributed by atoms with Crippen LogP contribution in [0.2, 0.25) is 0 Å². The van der Waals surface area contributed by atoms with Gasteiger partial charge in [-0.2, -0.15) is 4.98 Å². The summed E-state index contributed by atoms with van der Waals surface area (Å²) in [6.45, 7) is 6.43. The lowest BCUT2D eigenvalue weighted by Crippen LogP contribution is -2.31. The molecule has 1 N–H and O–H groups in total. The van der Waals surface area contributed by atoms with Crippen molar-refractivity contribution in [2.75, 3.05) is 31.1 Å². The maximum Gasteiger partial charge on any atom is 0.223 e. The van der Waals surface area contributed by atoms with E-state index in [1.54, 1.807) is 6.33 Å². The van der Waals surface area contributed by atoms with Gasteiger partial charge in [0.25, 0.3) is 0 Å². The predicted molar refractivity (Wildman–Crippen MR) is 85.0 cm³/mol. The van der Waals surface area contributed by atoms with Gasteiger partial charge in [-0.1, -0.05) is 5.16 Å². The molecule has 1 aliphatic heterocycles. The second kappa shape index (κ2) is 5.96. The normalized spacial score (nSPS) is 16.8. The van der Waals surface area contributed by atoms with Crippen LogP contribution in [0.1, 0.15) is 18.1 Å². The fourth-order valence-corrected chi connectivity index (χ4v) is 3.06. The minimum Gasteiger partial charge on any atom is -0.355 e. The van der Waals surface area contributed by atoms with Crippen molar-refractivity contribution in [3.8, 4) is 0 Å². The van der Waals surface area contributed by atoms with E-state index in [1.165, 1.54) is 0 Å². The minimum absolute atomic E-state index is 0.618. The lowest BCUT2D eigenvalue weighted by Gasteiger charge is -2.22. The molecule has 0 spiro atoms. The van der Waals surface area contributed by atoms with Crippen molar-refractivity contribution in [2.45, 2.75) is 19.9 Å². The van der Waals surface area contributed by atoms with Gasteiger partial charge in [-0.05, 0) is 12.5 Å². The van der Waals surface area contributed by atoms with E-state index in [4.69, 9.17) is 4.52 Å². The zero-order valence-electron chi connectivity index (χ0n) is 13.1. The first kappa shape index (κ1) is 14.1. The van der Waals surface area contributed by atoms with E-state index in [-0.39, 0.29) is 0 Å². The highest BCUT2D eigenvalue weighted by Crippen LogP contribution is 2.23. The van der Waals surface area contributed by atoms with Crippen LogP contribution in [-0.4, -0.2) is 56.2 Å². The average Bonchev–Trinajstić information content (AvgIpc) is 3.12. The van der Waals surface area contributed by atoms with E-state index in [9.17, 15) is 0 Å². The van der Waals surface area contributed by atoms with Gasteiger partial charge in [0.15, 0.2) is 5.82 Å². The summed E-state index contributed by atoms with van der Waals surface area (Å²) in [5.74, 6) is 2.38. The lowest BCUT2D eigenvalue weighted by atomic mass is 10.3. The molecule has 1 aliphatic rings. The molecule has 1 saturated heterocycles. The molecule has 0 aromatic carbocycles. The van der Waals surface area contributed by atoms with Crippen molar-refractivity contribution in [1.82, 2.24) is 30.0 Å². The summed E-state index contributed by atoms with van der Waals surface area (Å²) in [6, 6.07) is 2.04. The fraction of sp³-hybridized carbons (Fsp3) is 0.467. The number of fused-ring (bicyclic) bond motifs is 1. The van der Waals surface area contributed by atoms with Crippen LogP contribution in [0.15, 0.2) is 23.1 Å². The maximum atomic E-state index is 5.05. The van der Waals surface area contributed by atoms with Crippen LogP contribution >= 0.6 is 0 Å². The second-order valence-corrected chi connectivity index (χ2v) is 5.78. The Morgan fingerprint density at radius 3 is 3.04 bits per heavy atom. The third-order valence-corrected chi connectivity index (χ3v) is 4.16. The zero-order chi connectivity index (χ0) is 15.6. The molecule has 0 atom stereocenters. The number of hydrogen-bond donors (Lipinski definition) is 1. The topological polar surface area (TPSA) is 87.0 Å². The van der Waals surface area contributed by atoms with E-state index in [1.807, 2.05) is 19.2 Å². The lowest BCUT2D eigenvalue weighted by molar-refractivity contribution is 0.272. The quantitative estimate of drug-likeness (QED) is 0.781. The van der Waals surface area contributed by atoms with Crippen LogP contribution in [0.3, 0.4) is 0 Å². The minimum atomic E-state index is 0.618. The molecule has 4 rings (SSSR count).